The first-order valence-corrected chi connectivity index (χ1v) is 3.78. The summed E-state index contributed by atoms with van der Waals surface area (Å²) in [6.07, 6.45) is -0.835. The molecule has 14 heavy (non-hydrogen) atoms. The number of para-hydroxylation sites is 1. The summed E-state index contributed by atoms with van der Waals surface area (Å²) < 4.78 is 4.72. The third kappa shape index (κ3) is 3.57. The van der Waals surface area contributed by atoms with Gasteiger partial charge in [-0.05, 0) is 12.1 Å². The zero-order valence-electron chi connectivity index (χ0n) is 7.14. The second kappa shape index (κ2) is 4.86. The molecule has 0 aliphatic carbocycles. The fraction of sp³-hybridized carbons (Fsp3) is 0. The molecule has 0 saturated carbocycles. The molecule has 0 saturated heterocycles. The van der Waals surface area contributed by atoms with Gasteiger partial charge in [0.15, 0.2) is 6.54 Å². The van der Waals surface area contributed by atoms with Gasteiger partial charge in [0.05, 0.1) is 0 Å². The number of hydrogen-bond donors (Lipinski definition) is 2. The van der Waals surface area contributed by atoms with Crippen molar-refractivity contribution >= 4 is 12.1 Å². The second-order valence-corrected chi connectivity index (χ2v) is 2.33. The van der Waals surface area contributed by atoms with Gasteiger partial charge in [0.2, 0.25) is 0 Å². The van der Waals surface area contributed by atoms with E-state index < -0.39 is 12.1 Å². The van der Waals surface area contributed by atoms with Gasteiger partial charge in [-0.25, -0.2) is 9.59 Å². The standard InChI is InChI=1S/C9H8NO4/c11-8(12)6-10-9(13)14-7-4-2-1-3-5-7/h1-6H,(H,10,13)(H,11,12). The highest BCUT2D eigenvalue weighted by atomic mass is 16.6. The molecule has 0 aliphatic heterocycles. The topological polar surface area (TPSA) is 75.6 Å². The van der Waals surface area contributed by atoms with Gasteiger partial charge < -0.3 is 15.2 Å². The molecule has 0 spiro atoms. The Morgan fingerprint density at radius 3 is 2.50 bits per heavy atom. The Morgan fingerprint density at radius 1 is 1.29 bits per heavy atom. The van der Waals surface area contributed by atoms with Gasteiger partial charge in [-0.15, -0.1) is 0 Å². The third-order valence-corrected chi connectivity index (χ3v) is 1.27. The summed E-state index contributed by atoms with van der Waals surface area (Å²) in [7, 11) is 0. The lowest BCUT2D eigenvalue weighted by Crippen LogP contribution is -2.27. The van der Waals surface area contributed by atoms with Crippen molar-refractivity contribution in [2.24, 2.45) is 0 Å². The lowest BCUT2D eigenvalue weighted by atomic mass is 10.3. The maximum Gasteiger partial charge on any atom is 0.413 e. The monoisotopic (exact) mass is 194 g/mol. The van der Waals surface area contributed by atoms with Crippen molar-refractivity contribution in [3.8, 4) is 5.75 Å². The van der Waals surface area contributed by atoms with E-state index in [-0.39, 0.29) is 0 Å². The van der Waals surface area contributed by atoms with E-state index in [9.17, 15) is 9.59 Å². The third-order valence-electron chi connectivity index (χ3n) is 1.27. The summed E-state index contributed by atoms with van der Waals surface area (Å²) in [5.74, 6) is -0.890. The Kier molecular flexibility index (Phi) is 3.49. The summed E-state index contributed by atoms with van der Waals surface area (Å²) in [4.78, 5) is 20.9. The highest BCUT2D eigenvalue weighted by Gasteiger charge is 2.05. The van der Waals surface area contributed by atoms with Gasteiger partial charge in [-0.3, -0.25) is 0 Å². The smallest absolute Gasteiger partial charge is 0.413 e. The van der Waals surface area contributed by atoms with Crippen LogP contribution >= 0.6 is 0 Å². The summed E-state index contributed by atoms with van der Waals surface area (Å²) in [5.41, 5.74) is 0. The quantitative estimate of drug-likeness (QED) is 0.753. The van der Waals surface area contributed by atoms with Crippen LogP contribution in [0.4, 0.5) is 4.79 Å². The average Bonchev–Trinajstić information content (AvgIpc) is 2.16. The molecule has 0 aliphatic rings. The molecule has 1 amide bonds. The van der Waals surface area contributed by atoms with Crippen LogP contribution in [0.1, 0.15) is 0 Å². The minimum atomic E-state index is -1.24. The van der Waals surface area contributed by atoms with Gasteiger partial charge in [0.1, 0.15) is 5.75 Å². The number of nitrogens with one attached hydrogen (secondary N) is 1. The van der Waals surface area contributed by atoms with Crippen molar-refractivity contribution in [3.63, 3.8) is 0 Å². The lowest BCUT2D eigenvalue weighted by molar-refractivity contribution is -0.133. The zero-order valence-corrected chi connectivity index (χ0v) is 7.14. The minimum absolute atomic E-state index is 0.351. The van der Waals surface area contributed by atoms with Gasteiger partial charge in [-0.1, -0.05) is 18.2 Å². The maximum atomic E-state index is 10.9. The molecule has 0 bridgehead atoms. The molecule has 5 nitrogen and oxygen atoms in total. The summed E-state index contributed by atoms with van der Waals surface area (Å²) in [6, 6.07) is 8.34. The van der Waals surface area contributed by atoms with Crippen molar-refractivity contribution < 1.29 is 19.4 Å². The highest BCUT2D eigenvalue weighted by Crippen LogP contribution is 2.07. The van der Waals surface area contributed by atoms with Crippen molar-refractivity contribution in [1.29, 1.82) is 0 Å². The lowest BCUT2D eigenvalue weighted by Gasteiger charge is -2.03. The molecule has 0 aromatic heterocycles. The molecule has 0 fully saturated rings. The molecule has 73 valence electrons. The number of hydrogen-bond acceptors (Lipinski definition) is 3. The molecule has 1 aromatic carbocycles. The average molecular weight is 194 g/mol. The van der Waals surface area contributed by atoms with Crippen LogP contribution in [0.5, 0.6) is 5.75 Å². The number of aliphatic carboxylic acids is 1. The number of benzene rings is 1. The molecule has 2 N–H and O–H groups in total. The first kappa shape index (κ1) is 10.0. The Bertz CT molecular complexity index is 323. The maximum absolute atomic E-state index is 10.9. The largest absolute Gasteiger partial charge is 0.480 e. The predicted molar refractivity (Wildman–Crippen MR) is 47.5 cm³/mol. The fourth-order valence-corrected chi connectivity index (χ4v) is 0.746. The molecule has 0 atom stereocenters. The van der Waals surface area contributed by atoms with Crippen LogP contribution in [-0.4, -0.2) is 17.2 Å². The number of carbonyl (C=O) groups excluding carboxylic acids is 1. The Hall–Kier alpha value is -2.04. The Balaban J connectivity index is 2.38. The normalized spacial score (nSPS) is 9.14. The fourth-order valence-electron chi connectivity index (χ4n) is 0.746. The van der Waals surface area contributed by atoms with Crippen LogP contribution in [0.3, 0.4) is 0 Å². The summed E-state index contributed by atoms with van der Waals surface area (Å²) in [6.45, 7) is 0.602. The van der Waals surface area contributed by atoms with E-state index >= 15 is 0 Å². The number of ether oxygens (including phenoxy) is 1. The minimum Gasteiger partial charge on any atom is -0.480 e. The van der Waals surface area contributed by atoms with Gasteiger partial charge >= 0.3 is 12.1 Å². The SMILES string of the molecule is O=C(O)[CH]NC(=O)Oc1ccccc1. The van der Waals surface area contributed by atoms with Crippen LogP contribution in [0.25, 0.3) is 0 Å². The summed E-state index contributed by atoms with van der Waals surface area (Å²) in [5, 5.41) is 10.1. The second-order valence-electron chi connectivity index (χ2n) is 2.33. The van der Waals surface area contributed by atoms with Crippen LogP contribution in [0.2, 0.25) is 0 Å². The van der Waals surface area contributed by atoms with E-state index in [1.165, 1.54) is 0 Å². The van der Waals surface area contributed by atoms with Crippen molar-refractivity contribution in [3.05, 3.63) is 36.9 Å². The number of carboxylic acid groups (broad SMARTS) is 1. The van der Waals surface area contributed by atoms with E-state index in [0.29, 0.717) is 12.3 Å². The predicted octanol–water partition coefficient (Wildman–Crippen LogP) is 1.02. The highest BCUT2D eigenvalue weighted by molar-refractivity contribution is 5.82. The number of carboxylic acids is 1. The molecule has 5 heteroatoms. The van der Waals surface area contributed by atoms with Gasteiger partial charge in [0, 0.05) is 0 Å². The molecular weight excluding hydrogens is 186 g/mol. The van der Waals surface area contributed by atoms with E-state index in [1.807, 2.05) is 5.32 Å². The molecule has 1 rings (SSSR count). The molecule has 1 radical (unpaired) electrons. The van der Waals surface area contributed by atoms with E-state index in [4.69, 9.17) is 9.84 Å². The number of rotatable bonds is 3. The first-order valence-electron chi connectivity index (χ1n) is 3.78. The first-order chi connectivity index (χ1) is 6.68. The van der Waals surface area contributed by atoms with Crippen LogP contribution in [0, 0.1) is 6.54 Å². The zero-order chi connectivity index (χ0) is 10.4. The van der Waals surface area contributed by atoms with Crippen molar-refractivity contribution in [1.82, 2.24) is 5.32 Å². The Morgan fingerprint density at radius 2 is 1.93 bits per heavy atom. The van der Waals surface area contributed by atoms with E-state index in [1.54, 1.807) is 30.3 Å². The Labute approximate surface area is 80.3 Å². The molecule has 0 heterocycles. The number of amides is 1. The molecule has 0 unspecified atom stereocenters. The molecule has 1 aromatic rings. The van der Waals surface area contributed by atoms with E-state index in [2.05, 4.69) is 0 Å². The van der Waals surface area contributed by atoms with Crippen LogP contribution in [0.15, 0.2) is 30.3 Å². The molecular formula is C9H8NO4. The van der Waals surface area contributed by atoms with Crippen molar-refractivity contribution in [2.45, 2.75) is 0 Å². The van der Waals surface area contributed by atoms with Gasteiger partial charge in [0.25, 0.3) is 0 Å². The van der Waals surface area contributed by atoms with E-state index in [0.717, 1.165) is 0 Å². The van der Waals surface area contributed by atoms with Crippen LogP contribution < -0.4 is 10.1 Å². The summed E-state index contributed by atoms with van der Waals surface area (Å²) >= 11 is 0. The van der Waals surface area contributed by atoms with Crippen LogP contribution in [-0.2, 0) is 4.79 Å². The van der Waals surface area contributed by atoms with Gasteiger partial charge in [-0.2, -0.15) is 0 Å². The number of carbonyl (C=O) groups is 2. The van der Waals surface area contributed by atoms with Crippen molar-refractivity contribution in [2.75, 3.05) is 0 Å².